The number of ether oxygens (including phenoxy) is 1. The topological polar surface area (TPSA) is 55.4 Å². The Hall–Kier alpha value is -0.130. The molecule has 0 bridgehead atoms. The van der Waals surface area contributed by atoms with Gasteiger partial charge in [-0.3, -0.25) is 5.32 Å². The van der Waals surface area contributed by atoms with Crippen LogP contribution in [0.2, 0.25) is 0 Å². The molecule has 2 rings (SSSR count). The second-order valence-electron chi connectivity index (χ2n) is 4.56. The van der Waals surface area contributed by atoms with E-state index in [1.165, 1.54) is 0 Å². The summed E-state index contributed by atoms with van der Waals surface area (Å²) in [6.07, 6.45) is 0.721. The Balaban J connectivity index is 2.10. The molecule has 0 aromatic heterocycles. The first-order chi connectivity index (χ1) is 6.41. The fourth-order valence-corrected chi connectivity index (χ4v) is 4.24. The van der Waals surface area contributed by atoms with Gasteiger partial charge in [-0.05, 0) is 20.3 Å². The van der Waals surface area contributed by atoms with E-state index in [2.05, 4.69) is 12.2 Å². The standard InChI is InChI=1S/C9H17NO3S/c1-7-5-13-9(2,10-7)8-3-4-14(11,12)6-8/h7-8,10H,3-6H2,1-2H3. The molecule has 82 valence electrons. The Morgan fingerprint density at radius 2 is 2.21 bits per heavy atom. The van der Waals surface area contributed by atoms with Gasteiger partial charge in [0.1, 0.15) is 5.72 Å². The third-order valence-corrected chi connectivity index (χ3v) is 4.95. The average molecular weight is 219 g/mol. The van der Waals surface area contributed by atoms with Crippen molar-refractivity contribution in [1.82, 2.24) is 5.32 Å². The van der Waals surface area contributed by atoms with Crippen molar-refractivity contribution in [3.05, 3.63) is 0 Å². The lowest BCUT2D eigenvalue weighted by Crippen LogP contribution is -2.47. The Kier molecular flexibility index (Phi) is 2.36. The van der Waals surface area contributed by atoms with Crippen LogP contribution < -0.4 is 5.32 Å². The lowest BCUT2D eigenvalue weighted by molar-refractivity contribution is -0.0347. The van der Waals surface area contributed by atoms with Gasteiger partial charge in [0.05, 0.1) is 18.1 Å². The summed E-state index contributed by atoms with van der Waals surface area (Å²) in [4.78, 5) is 0. The minimum Gasteiger partial charge on any atom is -0.359 e. The third kappa shape index (κ3) is 1.81. The maximum Gasteiger partial charge on any atom is 0.150 e. The highest BCUT2D eigenvalue weighted by Crippen LogP contribution is 2.32. The van der Waals surface area contributed by atoms with E-state index in [1.54, 1.807) is 0 Å². The first-order valence-corrected chi connectivity index (χ1v) is 6.85. The zero-order valence-electron chi connectivity index (χ0n) is 8.62. The monoisotopic (exact) mass is 219 g/mol. The van der Waals surface area contributed by atoms with Crippen molar-refractivity contribution in [1.29, 1.82) is 0 Å². The van der Waals surface area contributed by atoms with E-state index in [-0.39, 0.29) is 11.7 Å². The number of nitrogens with one attached hydrogen (secondary N) is 1. The molecule has 0 aliphatic carbocycles. The summed E-state index contributed by atoms with van der Waals surface area (Å²) >= 11 is 0. The van der Waals surface area contributed by atoms with Crippen molar-refractivity contribution in [2.24, 2.45) is 5.92 Å². The molecule has 1 N–H and O–H groups in total. The number of rotatable bonds is 1. The van der Waals surface area contributed by atoms with Crippen LogP contribution in [0.4, 0.5) is 0 Å². The van der Waals surface area contributed by atoms with Gasteiger partial charge in [0.15, 0.2) is 9.84 Å². The second kappa shape index (κ2) is 3.18. The molecular weight excluding hydrogens is 202 g/mol. The van der Waals surface area contributed by atoms with E-state index >= 15 is 0 Å². The second-order valence-corrected chi connectivity index (χ2v) is 6.79. The summed E-state index contributed by atoms with van der Waals surface area (Å²) in [6.45, 7) is 4.68. The summed E-state index contributed by atoms with van der Waals surface area (Å²) in [5.74, 6) is 0.688. The van der Waals surface area contributed by atoms with Gasteiger partial charge in [0, 0.05) is 12.0 Å². The van der Waals surface area contributed by atoms with Crippen molar-refractivity contribution in [3.8, 4) is 0 Å². The predicted octanol–water partition coefficient (Wildman–Crippen LogP) is 0.146. The fraction of sp³-hybridized carbons (Fsp3) is 1.00. The SMILES string of the molecule is CC1COC(C)(C2CCS(=O)(=O)C2)N1. The van der Waals surface area contributed by atoms with Gasteiger partial charge in [-0.1, -0.05) is 0 Å². The Morgan fingerprint density at radius 3 is 2.64 bits per heavy atom. The van der Waals surface area contributed by atoms with E-state index in [4.69, 9.17) is 4.74 Å². The lowest BCUT2D eigenvalue weighted by atomic mass is 9.97. The normalized spacial score (nSPS) is 47.0. The van der Waals surface area contributed by atoms with Crippen LogP contribution in [0.5, 0.6) is 0 Å². The van der Waals surface area contributed by atoms with E-state index < -0.39 is 15.6 Å². The van der Waals surface area contributed by atoms with Crippen molar-refractivity contribution >= 4 is 9.84 Å². The van der Waals surface area contributed by atoms with Gasteiger partial charge < -0.3 is 4.74 Å². The molecule has 14 heavy (non-hydrogen) atoms. The summed E-state index contributed by atoms with van der Waals surface area (Å²) < 4.78 is 28.3. The molecule has 2 aliphatic heterocycles. The summed E-state index contributed by atoms with van der Waals surface area (Å²) in [5.41, 5.74) is -0.428. The first kappa shape index (κ1) is 10.4. The van der Waals surface area contributed by atoms with Crippen LogP contribution in [0, 0.1) is 5.92 Å². The van der Waals surface area contributed by atoms with E-state index in [9.17, 15) is 8.42 Å². The zero-order chi connectivity index (χ0) is 10.4. The summed E-state index contributed by atoms with van der Waals surface area (Å²) in [7, 11) is -2.81. The Bertz CT molecular complexity index is 327. The molecule has 4 nitrogen and oxygen atoms in total. The molecule has 0 saturated carbocycles. The van der Waals surface area contributed by atoms with Crippen LogP contribution in [0.25, 0.3) is 0 Å². The molecule has 0 aromatic carbocycles. The van der Waals surface area contributed by atoms with Crippen molar-refractivity contribution < 1.29 is 13.2 Å². The fourth-order valence-electron chi connectivity index (χ4n) is 2.34. The van der Waals surface area contributed by atoms with Gasteiger partial charge in [0.2, 0.25) is 0 Å². The molecule has 2 heterocycles. The Labute approximate surface area is 84.9 Å². The highest BCUT2D eigenvalue weighted by molar-refractivity contribution is 7.91. The predicted molar refractivity (Wildman–Crippen MR) is 53.7 cm³/mol. The molecular formula is C9H17NO3S. The van der Waals surface area contributed by atoms with Crippen LogP contribution in [0.15, 0.2) is 0 Å². The largest absolute Gasteiger partial charge is 0.359 e. The number of sulfone groups is 1. The van der Waals surface area contributed by atoms with Gasteiger partial charge in [-0.2, -0.15) is 0 Å². The zero-order valence-corrected chi connectivity index (χ0v) is 9.43. The minimum atomic E-state index is -2.81. The molecule has 2 saturated heterocycles. The average Bonchev–Trinajstić information content (AvgIpc) is 2.57. The number of hydrogen-bond acceptors (Lipinski definition) is 4. The van der Waals surface area contributed by atoms with Crippen LogP contribution in [-0.4, -0.2) is 38.3 Å². The molecule has 2 fully saturated rings. The summed E-state index contributed by atoms with van der Waals surface area (Å²) in [6, 6.07) is 0.323. The van der Waals surface area contributed by atoms with E-state index in [0.29, 0.717) is 18.4 Å². The maximum atomic E-state index is 11.3. The van der Waals surface area contributed by atoms with Crippen LogP contribution >= 0.6 is 0 Å². The van der Waals surface area contributed by atoms with Gasteiger partial charge in [-0.25, -0.2) is 8.42 Å². The molecule has 0 radical (unpaired) electrons. The molecule has 2 aliphatic rings. The van der Waals surface area contributed by atoms with Crippen LogP contribution in [0.3, 0.4) is 0 Å². The van der Waals surface area contributed by atoms with Gasteiger partial charge in [-0.15, -0.1) is 0 Å². The minimum absolute atomic E-state index is 0.109. The van der Waals surface area contributed by atoms with Gasteiger partial charge >= 0.3 is 0 Å². The molecule has 0 amide bonds. The molecule has 0 aromatic rings. The first-order valence-electron chi connectivity index (χ1n) is 5.03. The highest BCUT2D eigenvalue weighted by Gasteiger charge is 2.45. The smallest absolute Gasteiger partial charge is 0.150 e. The van der Waals surface area contributed by atoms with Crippen molar-refractivity contribution in [3.63, 3.8) is 0 Å². The van der Waals surface area contributed by atoms with E-state index in [1.807, 2.05) is 6.92 Å². The molecule has 3 unspecified atom stereocenters. The summed E-state index contributed by atoms with van der Waals surface area (Å²) in [5, 5.41) is 3.32. The van der Waals surface area contributed by atoms with Crippen molar-refractivity contribution in [2.45, 2.75) is 32.0 Å². The van der Waals surface area contributed by atoms with Crippen molar-refractivity contribution in [2.75, 3.05) is 18.1 Å². The molecule has 3 atom stereocenters. The van der Waals surface area contributed by atoms with E-state index in [0.717, 1.165) is 6.42 Å². The quantitative estimate of drug-likeness (QED) is 0.682. The molecule has 0 spiro atoms. The highest BCUT2D eigenvalue weighted by atomic mass is 32.2. The van der Waals surface area contributed by atoms with Gasteiger partial charge in [0.25, 0.3) is 0 Å². The third-order valence-electron chi connectivity index (χ3n) is 3.18. The Morgan fingerprint density at radius 1 is 1.50 bits per heavy atom. The van der Waals surface area contributed by atoms with Crippen LogP contribution in [0.1, 0.15) is 20.3 Å². The maximum absolute atomic E-state index is 11.3. The molecule has 5 heteroatoms. The van der Waals surface area contributed by atoms with Crippen LogP contribution in [-0.2, 0) is 14.6 Å². The lowest BCUT2D eigenvalue weighted by Gasteiger charge is -2.30. The number of hydrogen-bond donors (Lipinski definition) is 1.